The fourth-order valence-corrected chi connectivity index (χ4v) is 1.22. The minimum absolute atomic E-state index is 0.159. The van der Waals surface area contributed by atoms with Crippen molar-refractivity contribution < 1.29 is 9.59 Å². The molecule has 0 aromatic carbocycles. The highest BCUT2D eigenvalue weighted by Crippen LogP contribution is 2.20. The van der Waals surface area contributed by atoms with Gasteiger partial charge < -0.3 is 5.32 Å². The standard InChI is InChI=1S/C7H10N2O2/c10-6-3-5(7(11)9-6)8-4-1-2-4/h4-5,8H,1-3H2,(H,9,10,11). The minimum atomic E-state index is -0.255. The Balaban J connectivity index is 1.91. The van der Waals surface area contributed by atoms with E-state index in [2.05, 4.69) is 10.6 Å². The molecule has 2 rings (SSSR count). The minimum Gasteiger partial charge on any atom is -0.303 e. The molecule has 1 saturated carbocycles. The van der Waals surface area contributed by atoms with Gasteiger partial charge in [0.05, 0.1) is 12.5 Å². The van der Waals surface area contributed by atoms with E-state index in [1.54, 1.807) is 0 Å². The zero-order chi connectivity index (χ0) is 7.84. The van der Waals surface area contributed by atoms with Crippen LogP contribution in [0.2, 0.25) is 0 Å². The summed E-state index contributed by atoms with van der Waals surface area (Å²) in [5.74, 6) is -0.324. The van der Waals surface area contributed by atoms with E-state index in [0.29, 0.717) is 12.5 Å². The van der Waals surface area contributed by atoms with Crippen molar-refractivity contribution in [3.8, 4) is 0 Å². The molecule has 2 N–H and O–H groups in total. The lowest BCUT2D eigenvalue weighted by Gasteiger charge is -2.05. The third-order valence-electron chi connectivity index (χ3n) is 1.98. The molecule has 0 radical (unpaired) electrons. The molecule has 2 amide bonds. The van der Waals surface area contributed by atoms with Gasteiger partial charge in [-0.3, -0.25) is 14.9 Å². The largest absolute Gasteiger partial charge is 0.303 e. The van der Waals surface area contributed by atoms with Crippen LogP contribution in [-0.2, 0) is 9.59 Å². The fraction of sp³-hybridized carbons (Fsp3) is 0.714. The maximum absolute atomic E-state index is 11.0. The van der Waals surface area contributed by atoms with Crippen LogP contribution in [0.15, 0.2) is 0 Å². The van der Waals surface area contributed by atoms with Gasteiger partial charge in [0.15, 0.2) is 0 Å². The Hall–Kier alpha value is -0.900. The van der Waals surface area contributed by atoms with Crippen LogP contribution in [0.1, 0.15) is 19.3 Å². The second-order valence-electron chi connectivity index (χ2n) is 3.11. The van der Waals surface area contributed by atoms with Crippen molar-refractivity contribution in [3.05, 3.63) is 0 Å². The van der Waals surface area contributed by atoms with Crippen molar-refractivity contribution in [2.24, 2.45) is 0 Å². The smallest absolute Gasteiger partial charge is 0.244 e. The third-order valence-corrected chi connectivity index (χ3v) is 1.98. The number of amides is 2. The van der Waals surface area contributed by atoms with Crippen LogP contribution in [0.5, 0.6) is 0 Å². The van der Waals surface area contributed by atoms with Gasteiger partial charge in [0.1, 0.15) is 0 Å². The number of carbonyl (C=O) groups is 2. The van der Waals surface area contributed by atoms with Crippen LogP contribution in [0.4, 0.5) is 0 Å². The zero-order valence-corrected chi connectivity index (χ0v) is 6.09. The van der Waals surface area contributed by atoms with E-state index in [-0.39, 0.29) is 17.9 Å². The first kappa shape index (κ1) is 6.79. The second-order valence-corrected chi connectivity index (χ2v) is 3.11. The summed E-state index contributed by atoms with van der Waals surface area (Å²) < 4.78 is 0. The summed E-state index contributed by atoms with van der Waals surface area (Å²) in [6, 6.07) is 0.228. The van der Waals surface area contributed by atoms with Gasteiger partial charge in [-0.05, 0) is 12.8 Å². The van der Waals surface area contributed by atoms with Crippen LogP contribution in [0.25, 0.3) is 0 Å². The first-order valence-electron chi connectivity index (χ1n) is 3.85. The highest BCUT2D eigenvalue weighted by atomic mass is 16.2. The predicted octanol–water partition coefficient (Wildman–Crippen LogP) is -0.847. The monoisotopic (exact) mass is 154 g/mol. The third kappa shape index (κ3) is 1.40. The summed E-state index contributed by atoms with van der Waals surface area (Å²) in [6.45, 7) is 0. The van der Waals surface area contributed by atoms with E-state index in [1.165, 1.54) is 0 Å². The summed E-state index contributed by atoms with van der Waals surface area (Å²) in [4.78, 5) is 21.6. The van der Waals surface area contributed by atoms with Crippen LogP contribution in [0.3, 0.4) is 0 Å². The van der Waals surface area contributed by atoms with Crippen LogP contribution in [0, 0.1) is 0 Å². The summed E-state index contributed by atoms with van der Waals surface area (Å²) >= 11 is 0. The van der Waals surface area contributed by atoms with Gasteiger partial charge in [0, 0.05) is 6.04 Å². The van der Waals surface area contributed by atoms with Gasteiger partial charge in [-0.25, -0.2) is 0 Å². The maximum atomic E-state index is 11.0. The molecule has 1 unspecified atom stereocenters. The van der Waals surface area contributed by atoms with Gasteiger partial charge >= 0.3 is 0 Å². The van der Waals surface area contributed by atoms with Crippen LogP contribution in [-0.4, -0.2) is 23.9 Å². The van der Waals surface area contributed by atoms with Crippen molar-refractivity contribution in [1.82, 2.24) is 10.6 Å². The summed E-state index contributed by atoms with van der Waals surface area (Å²) in [5.41, 5.74) is 0. The van der Waals surface area contributed by atoms with Gasteiger partial charge in [-0.15, -0.1) is 0 Å². The molecule has 2 fully saturated rings. The Morgan fingerprint density at radius 2 is 2.09 bits per heavy atom. The van der Waals surface area contributed by atoms with Gasteiger partial charge in [0.2, 0.25) is 11.8 Å². The number of carbonyl (C=O) groups excluding carboxylic acids is 2. The highest BCUT2D eigenvalue weighted by Gasteiger charge is 2.34. The number of imide groups is 1. The van der Waals surface area contributed by atoms with Gasteiger partial charge in [-0.2, -0.15) is 0 Å². The molecule has 2 aliphatic rings. The molecular weight excluding hydrogens is 144 g/mol. The Bertz CT molecular complexity index is 210. The Labute approximate surface area is 64.3 Å². The number of hydrogen-bond donors (Lipinski definition) is 2. The average Bonchev–Trinajstić information content (AvgIpc) is 2.64. The van der Waals surface area contributed by atoms with Crippen molar-refractivity contribution in [3.63, 3.8) is 0 Å². The van der Waals surface area contributed by atoms with Gasteiger partial charge in [-0.1, -0.05) is 0 Å². The Kier molecular flexibility index (Phi) is 1.42. The molecule has 1 atom stereocenters. The Morgan fingerprint density at radius 3 is 2.55 bits per heavy atom. The topological polar surface area (TPSA) is 58.2 Å². The molecule has 0 aromatic heterocycles. The van der Waals surface area contributed by atoms with Crippen molar-refractivity contribution >= 4 is 11.8 Å². The average molecular weight is 154 g/mol. The lowest BCUT2D eigenvalue weighted by atomic mass is 10.2. The molecule has 4 heteroatoms. The second kappa shape index (κ2) is 2.30. The lowest BCUT2D eigenvalue weighted by Crippen LogP contribution is -2.37. The molecule has 11 heavy (non-hydrogen) atoms. The molecule has 1 aliphatic heterocycles. The van der Waals surface area contributed by atoms with Crippen molar-refractivity contribution in [2.75, 3.05) is 0 Å². The normalized spacial score (nSPS) is 30.7. The maximum Gasteiger partial charge on any atom is 0.244 e. The molecule has 0 aromatic rings. The first-order chi connectivity index (χ1) is 5.25. The summed E-state index contributed by atoms with van der Waals surface area (Å²) in [5, 5.41) is 5.36. The zero-order valence-electron chi connectivity index (χ0n) is 6.09. The molecule has 1 saturated heterocycles. The Morgan fingerprint density at radius 1 is 1.36 bits per heavy atom. The molecule has 1 heterocycles. The highest BCUT2D eigenvalue weighted by molar-refractivity contribution is 6.05. The summed E-state index contributed by atoms with van der Waals surface area (Å²) in [7, 11) is 0. The summed E-state index contributed by atoms with van der Waals surface area (Å²) in [6.07, 6.45) is 2.59. The van der Waals surface area contributed by atoms with Crippen molar-refractivity contribution in [2.45, 2.75) is 31.3 Å². The van der Waals surface area contributed by atoms with E-state index in [9.17, 15) is 9.59 Å². The lowest BCUT2D eigenvalue weighted by molar-refractivity contribution is -0.125. The SMILES string of the molecule is O=C1CC(NC2CC2)C(=O)N1. The van der Waals surface area contributed by atoms with E-state index in [4.69, 9.17) is 0 Å². The van der Waals surface area contributed by atoms with Crippen LogP contribution < -0.4 is 10.6 Å². The van der Waals surface area contributed by atoms with E-state index < -0.39 is 0 Å². The van der Waals surface area contributed by atoms with Gasteiger partial charge in [0.25, 0.3) is 0 Å². The van der Waals surface area contributed by atoms with Crippen LogP contribution >= 0.6 is 0 Å². The number of nitrogens with one attached hydrogen (secondary N) is 2. The fourth-order valence-electron chi connectivity index (χ4n) is 1.22. The van der Waals surface area contributed by atoms with E-state index >= 15 is 0 Å². The molecule has 1 aliphatic carbocycles. The number of rotatable bonds is 2. The molecular formula is C7H10N2O2. The molecule has 0 spiro atoms. The van der Waals surface area contributed by atoms with E-state index in [1.807, 2.05) is 0 Å². The van der Waals surface area contributed by atoms with Crippen molar-refractivity contribution in [1.29, 1.82) is 0 Å². The number of hydrogen-bond acceptors (Lipinski definition) is 3. The molecule has 4 nitrogen and oxygen atoms in total. The predicted molar refractivity (Wildman–Crippen MR) is 37.7 cm³/mol. The first-order valence-corrected chi connectivity index (χ1v) is 3.85. The van der Waals surface area contributed by atoms with E-state index in [0.717, 1.165) is 12.8 Å². The quantitative estimate of drug-likeness (QED) is 0.509. The molecule has 60 valence electrons. The molecule has 0 bridgehead atoms.